The maximum absolute atomic E-state index is 15.0. The molecule has 0 saturated carbocycles. The Morgan fingerprint density at radius 3 is 2.55 bits per heavy atom. The number of amidine groups is 1. The zero-order valence-corrected chi connectivity index (χ0v) is 20.0. The second kappa shape index (κ2) is 12.5. The SMILES string of the molecule is C/C=c1/ccn(Cc2c(F)cc(C(=N)N3CCCC3)cc2Cl)/c1=C/C=C\CCC.CC. The number of nitrogens with zero attached hydrogens (tertiary/aromatic N) is 2. The Balaban J connectivity index is 0.00000166. The summed E-state index contributed by atoms with van der Waals surface area (Å²) in [4.78, 5) is 1.98. The molecule has 168 valence electrons. The third-order valence-corrected chi connectivity index (χ3v) is 5.70. The lowest BCUT2D eigenvalue weighted by Crippen LogP contribution is -2.29. The molecule has 1 fully saturated rings. The maximum Gasteiger partial charge on any atom is 0.130 e. The number of hydrogen-bond acceptors (Lipinski definition) is 1. The van der Waals surface area contributed by atoms with E-state index in [9.17, 15) is 4.39 Å². The summed E-state index contributed by atoms with van der Waals surface area (Å²) < 4.78 is 17.0. The molecule has 0 bridgehead atoms. The largest absolute Gasteiger partial charge is 0.357 e. The monoisotopic (exact) mass is 443 g/mol. The fourth-order valence-corrected chi connectivity index (χ4v) is 3.95. The Kier molecular flexibility index (Phi) is 10.1. The summed E-state index contributed by atoms with van der Waals surface area (Å²) >= 11 is 6.47. The van der Waals surface area contributed by atoms with Crippen molar-refractivity contribution in [2.24, 2.45) is 0 Å². The van der Waals surface area contributed by atoms with E-state index < -0.39 is 0 Å². The Bertz CT molecular complexity index is 991. The number of benzene rings is 1. The van der Waals surface area contributed by atoms with Gasteiger partial charge in [0.2, 0.25) is 0 Å². The standard InChI is InChI=1S/C24H29ClFN3.C2H6/c1-3-5-6-7-10-23-18(4-2)11-14-29(23)17-20-21(25)15-19(16-22(20)26)24(27)28-12-8-9-13-28;1-2/h4,6-7,10-11,14-16,27H,3,5,8-9,12-13,17H2,1-2H3;1-2H3/b7-6-,18-4-,23-10+,27-24?;. The summed E-state index contributed by atoms with van der Waals surface area (Å²) in [6, 6.07) is 5.20. The molecule has 0 amide bonds. The number of halogens is 2. The van der Waals surface area contributed by atoms with Crippen molar-refractivity contribution in [2.75, 3.05) is 13.1 Å². The predicted molar refractivity (Wildman–Crippen MR) is 132 cm³/mol. The molecule has 2 aromatic rings. The van der Waals surface area contributed by atoms with Gasteiger partial charge in [-0.2, -0.15) is 0 Å². The second-order valence-corrected chi connectivity index (χ2v) is 7.82. The molecule has 1 aliphatic rings. The van der Waals surface area contributed by atoms with Gasteiger partial charge in [0.05, 0.1) is 6.54 Å². The van der Waals surface area contributed by atoms with Gasteiger partial charge in [0.25, 0.3) is 0 Å². The van der Waals surface area contributed by atoms with Crippen LogP contribution in [0.15, 0.2) is 36.5 Å². The van der Waals surface area contributed by atoms with Crippen molar-refractivity contribution in [1.29, 1.82) is 5.41 Å². The van der Waals surface area contributed by atoms with E-state index >= 15 is 0 Å². The number of hydrogen-bond donors (Lipinski definition) is 1. The van der Waals surface area contributed by atoms with Crippen LogP contribution in [0.5, 0.6) is 0 Å². The molecule has 31 heavy (non-hydrogen) atoms. The van der Waals surface area contributed by atoms with Crippen LogP contribution in [0.2, 0.25) is 5.02 Å². The Hall–Kier alpha value is -2.33. The summed E-state index contributed by atoms with van der Waals surface area (Å²) in [5.74, 6) is -0.00610. The number of likely N-dealkylation sites (tertiary alicyclic amines) is 1. The molecule has 1 aliphatic heterocycles. The van der Waals surface area contributed by atoms with Crippen molar-refractivity contribution in [3.8, 4) is 0 Å². The van der Waals surface area contributed by atoms with Gasteiger partial charge < -0.3 is 9.47 Å². The van der Waals surface area contributed by atoms with E-state index in [1.54, 1.807) is 6.07 Å². The molecule has 2 heterocycles. The fourth-order valence-electron chi connectivity index (χ4n) is 3.68. The minimum atomic E-state index is -0.361. The molecule has 0 unspecified atom stereocenters. The highest BCUT2D eigenvalue weighted by Crippen LogP contribution is 2.24. The minimum absolute atomic E-state index is 0.350. The van der Waals surface area contributed by atoms with E-state index in [0.29, 0.717) is 28.5 Å². The van der Waals surface area contributed by atoms with Crippen LogP contribution in [0.25, 0.3) is 12.2 Å². The van der Waals surface area contributed by atoms with Gasteiger partial charge in [-0.05, 0) is 55.7 Å². The normalized spacial score (nSPS) is 15.0. The summed E-state index contributed by atoms with van der Waals surface area (Å²) in [5, 5.41) is 10.9. The molecule has 3 nitrogen and oxygen atoms in total. The Morgan fingerprint density at radius 2 is 1.94 bits per heavy atom. The van der Waals surface area contributed by atoms with Gasteiger partial charge in [-0.3, -0.25) is 5.41 Å². The molecule has 3 rings (SSSR count). The van der Waals surface area contributed by atoms with E-state index in [1.165, 1.54) is 6.07 Å². The maximum atomic E-state index is 15.0. The summed E-state index contributed by atoms with van der Waals surface area (Å²) in [7, 11) is 0. The van der Waals surface area contributed by atoms with Crippen LogP contribution < -0.4 is 10.6 Å². The minimum Gasteiger partial charge on any atom is -0.357 e. The topological polar surface area (TPSA) is 32.0 Å². The first-order valence-corrected chi connectivity index (χ1v) is 11.7. The van der Waals surface area contributed by atoms with E-state index in [4.69, 9.17) is 17.0 Å². The van der Waals surface area contributed by atoms with E-state index in [0.717, 1.165) is 49.3 Å². The molecular weight excluding hydrogens is 409 g/mol. The smallest absolute Gasteiger partial charge is 0.130 e. The Morgan fingerprint density at radius 1 is 1.23 bits per heavy atom. The van der Waals surface area contributed by atoms with Crippen LogP contribution in [0.4, 0.5) is 4.39 Å². The lowest BCUT2D eigenvalue weighted by atomic mass is 10.1. The zero-order valence-electron chi connectivity index (χ0n) is 19.2. The van der Waals surface area contributed by atoms with E-state index in [2.05, 4.69) is 31.2 Å². The highest BCUT2D eigenvalue weighted by atomic mass is 35.5. The van der Waals surface area contributed by atoms with Crippen molar-refractivity contribution in [3.63, 3.8) is 0 Å². The van der Waals surface area contributed by atoms with Crippen molar-refractivity contribution < 1.29 is 4.39 Å². The van der Waals surface area contributed by atoms with Crippen LogP contribution in [-0.2, 0) is 6.54 Å². The third-order valence-electron chi connectivity index (χ3n) is 5.36. The molecule has 0 radical (unpaired) electrons. The van der Waals surface area contributed by atoms with Gasteiger partial charge in [0.1, 0.15) is 11.7 Å². The average molecular weight is 444 g/mol. The van der Waals surface area contributed by atoms with Gasteiger partial charge in [0, 0.05) is 40.8 Å². The number of rotatable bonds is 6. The van der Waals surface area contributed by atoms with Crippen molar-refractivity contribution >= 4 is 29.6 Å². The molecule has 1 N–H and O–H groups in total. The summed E-state index contributed by atoms with van der Waals surface area (Å²) in [6.45, 7) is 10.2. The fraction of sp³-hybridized carbons (Fsp3) is 0.423. The van der Waals surface area contributed by atoms with Crippen LogP contribution in [0.1, 0.15) is 64.5 Å². The molecule has 1 aromatic heterocycles. The van der Waals surface area contributed by atoms with Gasteiger partial charge in [0.15, 0.2) is 0 Å². The van der Waals surface area contributed by atoms with Gasteiger partial charge >= 0.3 is 0 Å². The van der Waals surface area contributed by atoms with Crippen molar-refractivity contribution in [1.82, 2.24) is 9.47 Å². The zero-order chi connectivity index (χ0) is 22.8. The number of allylic oxidation sites excluding steroid dienone is 2. The lowest BCUT2D eigenvalue weighted by Gasteiger charge is -2.19. The molecule has 0 spiro atoms. The first-order chi connectivity index (χ1) is 15.0. The summed E-state index contributed by atoms with van der Waals surface area (Å²) in [6.07, 6.45) is 14.6. The van der Waals surface area contributed by atoms with Crippen LogP contribution in [0, 0.1) is 11.2 Å². The number of aromatic nitrogens is 1. The predicted octanol–water partition coefficient (Wildman–Crippen LogP) is 5.71. The number of nitrogens with one attached hydrogen (secondary N) is 1. The Labute approximate surface area is 191 Å². The molecule has 1 saturated heterocycles. The van der Waals surface area contributed by atoms with Gasteiger partial charge in [-0.1, -0.05) is 57.0 Å². The highest BCUT2D eigenvalue weighted by molar-refractivity contribution is 6.31. The third kappa shape index (κ3) is 6.33. The molecule has 1 aromatic carbocycles. The van der Waals surface area contributed by atoms with Crippen molar-refractivity contribution in [2.45, 2.75) is 59.9 Å². The van der Waals surface area contributed by atoms with Crippen LogP contribution >= 0.6 is 11.6 Å². The molecular formula is C26H35ClFN3. The van der Waals surface area contributed by atoms with Gasteiger partial charge in [-0.15, -0.1) is 0 Å². The average Bonchev–Trinajstić information content (AvgIpc) is 3.44. The van der Waals surface area contributed by atoms with Gasteiger partial charge in [-0.25, -0.2) is 4.39 Å². The molecule has 5 heteroatoms. The first-order valence-electron chi connectivity index (χ1n) is 11.3. The molecule has 0 aliphatic carbocycles. The van der Waals surface area contributed by atoms with E-state index in [1.807, 2.05) is 42.5 Å². The lowest BCUT2D eigenvalue weighted by molar-refractivity contribution is 0.516. The number of unbranched alkanes of at least 4 members (excludes halogenated alkanes) is 1. The van der Waals surface area contributed by atoms with E-state index in [-0.39, 0.29) is 5.82 Å². The second-order valence-electron chi connectivity index (χ2n) is 7.42. The molecule has 0 atom stereocenters. The summed E-state index contributed by atoms with van der Waals surface area (Å²) in [5.41, 5.74) is 0.998. The van der Waals surface area contributed by atoms with Crippen LogP contribution in [-0.4, -0.2) is 28.4 Å². The highest BCUT2D eigenvalue weighted by Gasteiger charge is 2.19. The quantitative estimate of drug-likeness (QED) is 0.449. The van der Waals surface area contributed by atoms with Crippen LogP contribution in [0.3, 0.4) is 0 Å². The first kappa shape index (κ1) is 24.9. The van der Waals surface area contributed by atoms with Crippen molar-refractivity contribution in [3.05, 3.63) is 69.1 Å².